The molecule has 12 heteroatoms. The predicted octanol–water partition coefficient (Wildman–Crippen LogP) is 4.87. The highest BCUT2D eigenvalue weighted by molar-refractivity contribution is 8.00. The van der Waals surface area contributed by atoms with E-state index in [0.29, 0.717) is 28.3 Å². The number of thioether (sulfide) groups is 1. The number of primary sulfonamides is 1. The Bertz CT molecular complexity index is 1760. The van der Waals surface area contributed by atoms with E-state index >= 15 is 0 Å². The summed E-state index contributed by atoms with van der Waals surface area (Å²) in [5.74, 6) is -0.574. The lowest BCUT2D eigenvalue weighted by Crippen LogP contribution is -2.30. The Kier molecular flexibility index (Phi) is 10.6. The number of hydrogen-bond acceptors (Lipinski definition) is 7. The quantitative estimate of drug-likeness (QED) is 0.136. The maximum Gasteiger partial charge on any atom is 0.272 e. The zero-order valence-electron chi connectivity index (χ0n) is 23.8. The molecule has 0 aliphatic carbocycles. The van der Waals surface area contributed by atoms with Gasteiger partial charge in [0.05, 0.1) is 17.3 Å². The van der Waals surface area contributed by atoms with Crippen molar-refractivity contribution in [2.75, 3.05) is 17.7 Å². The first-order valence-corrected chi connectivity index (χ1v) is 15.7. The van der Waals surface area contributed by atoms with Crippen molar-refractivity contribution in [1.29, 1.82) is 0 Å². The largest absolute Gasteiger partial charge is 0.497 e. The molecule has 0 aliphatic rings. The molecule has 0 heterocycles. The third-order valence-corrected chi connectivity index (χ3v) is 8.24. The maximum absolute atomic E-state index is 13.3. The van der Waals surface area contributed by atoms with Crippen LogP contribution >= 0.6 is 11.8 Å². The summed E-state index contributed by atoms with van der Waals surface area (Å²) in [5, 5.41) is 12.9. The van der Waals surface area contributed by atoms with Crippen molar-refractivity contribution >= 4 is 57.0 Å². The molecule has 10 nitrogen and oxygen atoms in total. The Balaban J connectivity index is 1.41. The van der Waals surface area contributed by atoms with E-state index in [2.05, 4.69) is 16.0 Å². The van der Waals surface area contributed by atoms with Crippen LogP contribution in [0.15, 0.2) is 119 Å². The van der Waals surface area contributed by atoms with E-state index in [9.17, 15) is 22.8 Å². The van der Waals surface area contributed by atoms with Gasteiger partial charge in [-0.1, -0.05) is 30.3 Å². The van der Waals surface area contributed by atoms with Crippen LogP contribution < -0.4 is 25.8 Å². The minimum Gasteiger partial charge on any atom is -0.497 e. The topological polar surface area (TPSA) is 157 Å². The zero-order valence-corrected chi connectivity index (χ0v) is 25.4. The number of sulfonamides is 1. The van der Waals surface area contributed by atoms with Crippen molar-refractivity contribution in [2.45, 2.75) is 22.0 Å². The van der Waals surface area contributed by atoms with Gasteiger partial charge in [0.15, 0.2) is 0 Å². The van der Waals surface area contributed by atoms with Crippen molar-refractivity contribution in [2.24, 2.45) is 5.14 Å². The third-order valence-electron chi connectivity index (χ3n) is 6.20. The monoisotopic (exact) mass is 630 g/mol. The second-order valence-electron chi connectivity index (χ2n) is 9.45. The van der Waals surface area contributed by atoms with E-state index in [1.54, 1.807) is 99.0 Å². The molecule has 0 aromatic heterocycles. The molecule has 44 heavy (non-hydrogen) atoms. The molecule has 226 valence electrons. The fraction of sp³-hybridized carbons (Fsp3) is 0.0938. The molecule has 4 rings (SSSR count). The zero-order chi connectivity index (χ0) is 31.7. The van der Waals surface area contributed by atoms with E-state index in [4.69, 9.17) is 9.88 Å². The van der Waals surface area contributed by atoms with Crippen LogP contribution in [-0.2, 0) is 19.6 Å². The minimum absolute atomic E-state index is 0.0462. The number of carbonyl (C=O) groups excluding carboxylic acids is 3. The van der Waals surface area contributed by atoms with Crippen LogP contribution in [0.4, 0.5) is 11.4 Å². The summed E-state index contributed by atoms with van der Waals surface area (Å²) in [7, 11) is -2.26. The van der Waals surface area contributed by atoms with Crippen LogP contribution in [-0.4, -0.2) is 38.5 Å². The summed E-state index contributed by atoms with van der Waals surface area (Å²) < 4.78 is 28.0. The number of hydrogen-bond donors (Lipinski definition) is 4. The van der Waals surface area contributed by atoms with Gasteiger partial charge in [0, 0.05) is 21.8 Å². The number of nitrogens with one attached hydrogen (secondary N) is 3. The second-order valence-corrected chi connectivity index (χ2v) is 12.4. The number of nitrogens with two attached hydrogens (primary N) is 1. The van der Waals surface area contributed by atoms with Gasteiger partial charge in [0.25, 0.3) is 11.8 Å². The number of rotatable bonds is 11. The fourth-order valence-corrected chi connectivity index (χ4v) is 5.24. The number of amides is 3. The van der Waals surface area contributed by atoms with Crippen LogP contribution in [0.3, 0.4) is 0 Å². The van der Waals surface area contributed by atoms with Crippen LogP contribution in [0.1, 0.15) is 22.8 Å². The van der Waals surface area contributed by atoms with Gasteiger partial charge in [-0.05, 0) is 91.4 Å². The Morgan fingerprint density at radius 2 is 1.41 bits per heavy atom. The van der Waals surface area contributed by atoms with Crippen LogP contribution in [0.25, 0.3) is 6.08 Å². The highest BCUT2D eigenvalue weighted by atomic mass is 32.2. The van der Waals surface area contributed by atoms with Crippen LogP contribution in [0.5, 0.6) is 5.75 Å². The van der Waals surface area contributed by atoms with Crippen molar-refractivity contribution in [3.8, 4) is 5.75 Å². The van der Waals surface area contributed by atoms with E-state index < -0.39 is 27.1 Å². The van der Waals surface area contributed by atoms with Gasteiger partial charge >= 0.3 is 0 Å². The van der Waals surface area contributed by atoms with Crippen molar-refractivity contribution in [1.82, 2.24) is 5.32 Å². The van der Waals surface area contributed by atoms with Gasteiger partial charge in [-0.15, -0.1) is 11.8 Å². The van der Waals surface area contributed by atoms with Crippen LogP contribution in [0.2, 0.25) is 0 Å². The van der Waals surface area contributed by atoms with E-state index in [1.165, 1.54) is 36.0 Å². The smallest absolute Gasteiger partial charge is 0.272 e. The first-order valence-electron chi connectivity index (χ1n) is 13.3. The molecule has 4 aromatic carbocycles. The predicted molar refractivity (Wildman–Crippen MR) is 172 cm³/mol. The Morgan fingerprint density at radius 1 is 0.818 bits per heavy atom. The highest BCUT2D eigenvalue weighted by Crippen LogP contribution is 2.26. The summed E-state index contributed by atoms with van der Waals surface area (Å²) >= 11 is 1.30. The molecule has 1 atom stereocenters. The summed E-state index contributed by atoms with van der Waals surface area (Å²) in [4.78, 5) is 39.6. The lowest BCUT2D eigenvalue weighted by molar-refractivity contribution is -0.115. The molecule has 0 spiro atoms. The number of benzene rings is 4. The fourth-order valence-electron chi connectivity index (χ4n) is 3.85. The second kappa shape index (κ2) is 14.5. The molecule has 4 aromatic rings. The molecule has 1 unspecified atom stereocenters. The SMILES string of the molecule is COc1ccc(/C=C(\NC(=O)c2ccccc2)C(=O)Nc2ccc(SC(C)C(=O)Nc3ccc(S(N)(=O)=O)cc3)cc2)cc1. The van der Waals surface area contributed by atoms with Crippen molar-refractivity contribution < 1.29 is 27.5 Å². The molecular formula is C32H30N4O6S2. The summed E-state index contributed by atoms with van der Waals surface area (Å²) in [5.41, 5.74) is 2.06. The number of ether oxygens (including phenoxy) is 1. The van der Waals surface area contributed by atoms with Crippen molar-refractivity contribution in [3.05, 3.63) is 120 Å². The molecule has 0 bridgehead atoms. The normalized spacial score (nSPS) is 12.1. The van der Waals surface area contributed by atoms with E-state index in [1.807, 2.05) is 0 Å². The standard InChI is InChI=1S/C32H30N4O6S2/c1-21(30(37)34-25-12-18-28(19-13-25)44(33,40)41)43-27-16-10-24(11-17-27)35-32(39)29(20-22-8-14-26(42-2)15-9-22)36-31(38)23-6-4-3-5-7-23/h3-21H,1-2H3,(H,34,37)(H,35,39)(H,36,38)(H2,33,40,41)/b29-20-. The number of methoxy groups -OCH3 is 1. The molecular weight excluding hydrogens is 601 g/mol. The van der Waals surface area contributed by atoms with E-state index in [0.717, 1.165) is 4.90 Å². The Hall–Kier alpha value is -4.91. The average Bonchev–Trinajstić information content (AvgIpc) is 3.02. The van der Waals surface area contributed by atoms with Gasteiger partial charge in [-0.2, -0.15) is 0 Å². The molecule has 5 N–H and O–H groups in total. The highest BCUT2D eigenvalue weighted by Gasteiger charge is 2.17. The van der Waals surface area contributed by atoms with Gasteiger partial charge in [-0.25, -0.2) is 13.6 Å². The first-order chi connectivity index (χ1) is 21.0. The summed E-state index contributed by atoms with van der Waals surface area (Å²) in [6.45, 7) is 1.74. The Morgan fingerprint density at radius 3 is 2.00 bits per heavy atom. The average molecular weight is 631 g/mol. The molecule has 0 saturated heterocycles. The number of carbonyl (C=O) groups is 3. The van der Waals surface area contributed by atoms with E-state index in [-0.39, 0.29) is 16.5 Å². The van der Waals surface area contributed by atoms with Gasteiger partial charge in [-0.3, -0.25) is 14.4 Å². The molecule has 0 fully saturated rings. The lowest BCUT2D eigenvalue weighted by Gasteiger charge is -2.14. The lowest BCUT2D eigenvalue weighted by atomic mass is 10.1. The van der Waals surface area contributed by atoms with Gasteiger partial charge < -0.3 is 20.7 Å². The molecule has 0 aliphatic heterocycles. The summed E-state index contributed by atoms with van der Waals surface area (Å²) in [6.07, 6.45) is 1.57. The minimum atomic E-state index is -3.82. The van der Waals surface area contributed by atoms with Gasteiger partial charge in [0.1, 0.15) is 11.4 Å². The molecule has 3 amide bonds. The van der Waals surface area contributed by atoms with Crippen LogP contribution in [0, 0.1) is 0 Å². The third kappa shape index (κ3) is 9.04. The van der Waals surface area contributed by atoms with Crippen molar-refractivity contribution in [3.63, 3.8) is 0 Å². The number of anilines is 2. The first kappa shape index (κ1) is 32.0. The maximum atomic E-state index is 13.3. The van der Waals surface area contributed by atoms with Gasteiger partial charge in [0.2, 0.25) is 15.9 Å². The molecule has 0 radical (unpaired) electrons. The summed E-state index contributed by atoms with van der Waals surface area (Å²) in [6, 6.07) is 28.1. The Labute approximate surface area is 259 Å². The molecule has 0 saturated carbocycles.